The molecule has 1 aliphatic heterocycles. The van der Waals surface area contributed by atoms with Gasteiger partial charge in [0.2, 0.25) is 0 Å². The summed E-state index contributed by atoms with van der Waals surface area (Å²) < 4.78 is 5.79. The number of rotatable bonds is 5. The van der Waals surface area contributed by atoms with Crippen molar-refractivity contribution >= 4 is 24.0 Å². The molecule has 1 aliphatic rings. The minimum atomic E-state index is -1.26. The molecule has 7 heteroatoms. The second-order valence-corrected chi connectivity index (χ2v) is 7.33. The van der Waals surface area contributed by atoms with Crippen LogP contribution in [0.4, 0.5) is 4.79 Å². The topological polar surface area (TPSA) is 103 Å². The van der Waals surface area contributed by atoms with Crippen LogP contribution >= 0.6 is 0 Å². The Labute approximate surface area is 178 Å². The molecule has 1 fully saturated rings. The highest BCUT2D eigenvalue weighted by molar-refractivity contribution is 6.13. The van der Waals surface area contributed by atoms with E-state index in [4.69, 9.17) is 4.42 Å². The van der Waals surface area contributed by atoms with E-state index in [-0.39, 0.29) is 17.8 Å². The van der Waals surface area contributed by atoms with E-state index in [0.717, 1.165) is 16.0 Å². The lowest BCUT2D eigenvalue weighted by atomic mass is 10.0. The first kappa shape index (κ1) is 20.2. The zero-order chi connectivity index (χ0) is 22.1. The summed E-state index contributed by atoms with van der Waals surface area (Å²) in [4.78, 5) is 37.4. The fourth-order valence-corrected chi connectivity index (χ4v) is 3.43. The maximum Gasteiger partial charge on any atom is 0.329 e. The third-order valence-corrected chi connectivity index (χ3v) is 5.16. The molecule has 156 valence electrons. The molecule has 1 N–H and O–H groups in total. The summed E-state index contributed by atoms with van der Waals surface area (Å²) >= 11 is 0. The Morgan fingerprint density at radius 2 is 1.81 bits per heavy atom. The van der Waals surface area contributed by atoms with Gasteiger partial charge in [-0.2, -0.15) is 0 Å². The molecule has 0 unspecified atom stereocenters. The molecule has 3 amide bonds. The van der Waals surface area contributed by atoms with Gasteiger partial charge in [0.15, 0.2) is 0 Å². The maximum absolute atomic E-state index is 12.7. The Hall–Kier alpha value is -4.13. The van der Waals surface area contributed by atoms with Crippen molar-refractivity contribution in [3.05, 3.63) is 88.3 Å². The third kappa shape index (κ3) is 3.98. The van der Waals surface area contributed by atoms with Crippen LogP contribution in [0.3, 0.4) is 0 Å². The van der Waals surface area contributed by atoms with Gasteiger partial charge < -0.3 is 19.6 Å². The van der Waals surface area contributed by atoms with Gasteiger partial charge in [-0.05, 0) is 37.1 Å². The Morgan fingerprint density at radius 1 is 1.06 bits per heavy atom. The van der Waals surface area contributed by atoms with E-state index in [9.17, 15) is 19.5 Å². The average molecular weight is 415 g/mol. The Kier molecular flexibility index (Phi) is 5.17. The summed E-state index contributed by atoms with van der Waals surface area (Å²) in [7, 11) is 0. The van der Waals surface area contributed by atoms with Crippen molar-refractivity contribution in [3.63, 3.8) is 0 Å². The number of nitrogens with one attached hydrogen (secondary N) is 1. The molecule has 31 heavy (non-hydrogen) atoms. The number of urea groups is 1. The number of furan rings is 1. The fraction of sp³-hybridized carbons (Fsp3) is 0.125. The number of carboxylic acids is 1. The number of hydrogen-bond donors (Lipinski definition) is 1. The summed E-state index contributed by atoms with van der Waals surface area (Å²) in [5.74, 6) is -0.908. The summed E-state index contributed by atoms with van der Waals surface area (Å²) in [5.41, 5.74) is 3.26. The number of nitrogens with zero attached hydrogens (tertiary/aromatic N) is 1. The zero-order valence-electron chi connectivity index (χ0n) is 17.0. The predicted molar refractivity (Wildman–Crippen MR) is 111 cm³/mol. The van der Waals surface area contributed by atoms with Crippen molar-refractivity contribution in [2.24, 2.45) is 0 Å². The Balaban J connectivity index is 1.56. The second-order valence-electron chi connectivity index (χ2n) is 7.33. The van der Waals surface area contributed by atoms with Gasteiger partial charge in [0.25, 0.3) is 5.91 Å². The van der Waals surface area contributed by atoms with Crippen LogP contribution in [0.15, 0.2) is 64.7 Å². The van der Waals surface area contributed by atoms with Crippen molar-refractivity contribution in [1.82, 2.24) is 10.2 Å². The van der Waals surface area contributed by atoms with E-state index in [0.29, 0.717) is 22.6 Å². The van der Waals surface area contributed by atoms with Crippen LogP contribution in [-0.2, 0) is 11.3 Å². The number of carboxylic acid groups (broad SMARTS) is 1. The predicted octanol–water partition coefficient (Wildman–Crippen LogP) is 3.02. The molecule has 7 nitrogen and oxygen atoms in total. The SMILES string of the molecule is Cc1ccc(CN2C(=O)N/C(=C/c3ccc(-c4cccc(C(=O)[O-])c4C)o3)C2=O)cc1. The largest absolute Gasteiger partial charge is 0.545 e. The fourth-order valence-electron chi connectivity index (χ4n) is 3.43. The highest BCUT2D eigenvalue weighted by atomic mass is 16.4. The van der Waals surface area contributed by atoms with Gasteiger partial charge >= 0.3 is 6.03 Å². The van der Waals surface area contributed by atoms with Gasteiger partial charge in [-0.1, -0.05) is 48.0 Å². The summed E-state index contributed by atoms with van der Waals surface area (Å²) in [6.07, 6.45) is 1.46. The molecule has 0 radical (unpaired) electrons. The third-order valence-electron chi connectivity index (χ3n) is 5.16. The van der Waals surface area contributed by atoms with Crippen molar-refractivity contribution in [2.75, 3.05) is 0 Å². The van der Waals surface area contributed by atoms with Crippen LogP contribution in [0.5, 0.6) is 0 Å². The average Bonchev–Trinajstić information content (AvgIpc) is 3.30. The zero-order valence-corrected chi connectivity index (χ0v) is 17.0. The normalized spacial score (nSPS) is 14.9. The van der Waals surface area contributed by atoms with Crippen molar-refractivity contribution < 1.29 is 23.9 Å². The maximum atomic E-state index is 12.7. The van der Waals surface area contributed by atoms with E-state index < -0.39 is 17.9 Å². The molecular formula is C24H19N2O5-. The molecule has 1 aromatic heterocycles. The first-order chi connectivity index (χ1) is 14.8. The Bertz CT molecular complexity index is 1220. The van der Waals surface area contributed by atoms with E-state index in [1.165, 1.54) is 12.1 Å². The summed E-state index contributed by atoms with van der Waals surface area (Å²) in [6, 6.07) is 15.2. The minimum Gasteiger partial charge on any atom is -0.545 e. The number of carbonyl (C=O) groups excluding carboxylic acids is 3. The lowest BCUT2D eigenvalue weighted by Crippen LogP contribution is -2.30. The monoisotopic (exact) mass is 415 g/mol. The van der Waals surface area contributed by atoms with Crippen LogP contribution in [0.2, 0.25) is 0 Å². The van der Waals surface area contributed by atoms with Crippen LogP contribution < -0.4 is 10.4 Å². The van der Waals surface area contributed by atoms with E-state index in [2.05, 4.69) is 5.32 Å². The highest BCUT2D eigenvalue weighted by Gasteiger charge is 2.33. The standard InChI is InChI=1S/C24H20N2O5/c1-14-6-8-16(9-7-14)13-26-22(27)20(25-24(26)30)12-17-10-11-21(31-17)18-4-3-5-19(15(18)2)23(28)29/h3-12H,13H2,1-2H3,(H,25,30)(H,28,29)/p-1/b20-12+. The molecule has 0 bridgehead atoms. The summed E-state index contributed by atoms with van der Waals surface area (Å²) in [5, 5.41) is 13.8. The number of aryl methyl sites for hydroxylation is 1. The van der Waals surface area contributed by atoms with E-state index in [1.807, 2.05) is 31.2 Å². The van der Waals surface area contributed by atoms with Gasteiger partial charge in [-0.25, -0.2) is 4.79 Å². The van der Waals surface area contributed by atoms with Gasteiger partial charge in [-0.15, -0.1) is 0 Å². The van der Waals surface area contributed by atoms with Crippen LogP contribution in [0.25, 0.3) is 17.4 Å². The highest BCUT2D eigenvalue weighted by Crippen LogP contribution is 2.28. The number of benzene rings is 2. The van der Waals surface area contributed by atoms with Gasteiger partial charge in [0.05, 0.1) is 12.5 Å². The van der Waals surface area contributed by atoms with Gasteiger partial charge in [0.1, 0.15) is 17.2 Å². The molecular weight excluding hydrogens is 396 g/mol. The quantitative estimate of drug-likeness (QED) is 0.510. The van der Waals surface area contributed by atoms with Crippen molar-refractivity contribution in [1.29, 1.82) is 0 Å². The molecule has 0 saturated carbocycles. The molecule has 2 aromatic carbocycles. The van der Waals surface area contributed by atoms with Gasteiger partial charge in [0, 0.05) is 17.2 Å². The van der Waals surface area contributed by atoms with Crippen LogP contribution in [-0.4, -0.2) is 22.8 Å². The number of carbonyl (C=O) groups is 3. The molecule has 3 aromatic rings. The Morgan fingerprint density at radius 3 is 2.52 bits per heavy atom. The molecule has 0 spiro atoms. The molecule has 4 rings (SSSR count). The van der Waals surface area contributed by atoms with Crippen molar-refractivity contribution in [3.8, 4) is 11.3 Å². The molecule has 0 atom stereocenters. The number of amides is 3. The molecule has 1 saturated heterocycles. The number of imide groups is 1. The smallest absolute Gasteiger partial charge is 0.329 e. The minimum absolute atomic E-state index is 0.0822. The number of aromatic carboxylic acids is 1. The van der Waals surface area contributed by atoms with Crippen LogP contribution in [0, 0.1) is 13.8 Å². The first-order valence-corrected chi connectivity index (χ1v) is 9.65. The second kappa shape index (κ2) is 7.95. The molecule has 2 heterocycles. The van der Waals surface area contributed by atoms with Crippen molar-refractivity contribution in [2.45, 2.75) is 20.4 Å². The first-order valence-electron chi connectivity index (χ1n) is 9.65. The number of hydrogen-bond acceptors (Lipinski definition) is 5. The lowest BCUT2D eigenvalue weighted by molar-refractivity contribution is -0.255. The van der Waals surface area contributed by atoms with E-state index >= 15 is 0 Å². The molecule has 0 aliphatic carbocycles. The summed E-state index contributed by atoms with van der Waals surface area (Å²) in [6.45, 7) is 3.80. The van der Waals surface area contributed by atoms with E-state index in [1.54, 1.807) is 31.2 Å². The lowest BCUT2D eigenvalue weighted by Gasteiger charge is -2.11. The van der Waals surface area contributed by atoms with Crippen LogP contribution in [0.1, 0.15) is 32.8 Å². The van der Waals surface area contributed by atoms with Gasteiger partial charge in [-0.3, -0.25) is 9.69 Å².